The highest BCUT2D eigenvalue weighted by Gasteiger charge is 2.07. The molecule has 2 N–H and O–H groups in total. The van der Waals surface area contributed by atoms with E-state index >= 15 is 0 Å². The molecule has 0 aliphatic rings. The van der Waals surface area contributed by atoms with Crippen molar-refractivity contribution in [2.75, 3.05) is 5.32 Å². The van der Waals surface area contributed by atoms with E-state index in [-0.39, 0.29) is 5.69 Å². The SMILES string of the molecule is O=[N+]([O-])c1cnc(Nc2ccc3[nH]ncc3c2)nc1. The van der Waals surface area contributed by atoms with Gasteiger partial charge < -0.3 is 5.32 Å². The molecule has 0 saturated carbocycles. The van der Waals surface area contributed by atoms with Crippen LogP contribution in [0.5, 0.6) is 0 Å². The Balaban J connectivity index is 1.85. The molecule has 1 aromatic carbocycles. The second-order valence-corrected chi connectivity index (χ2v) is 3.82. The van der Waals surface area contributed by atoms with Gasteiger partial charge in [0.1, 0.15) is 12.4 Å². The highest BCUT2D eigenvalue weighted by Crippen LogP contribution is 2.19. The third-order valence-corrected chi connectivity index (χ3v) is 2.55. The van der Waals surface area contributed by atoms with Gasteiger partial charge in [0, 0.05) is 11.1 Å². The molecule has 0 bridgehead atoms. The number of nitrogens with one attached hydrogen (secondary N) is 2. The Kier molecular flexibility index (Phi) is 2.53. The van der Waals surface area contributed by atoms with Gasteiger partial charge in [-0.2, -0.15) is 5.10 Å². The van der Waals surface area contributed by atoms with E-state index in [9.17, 15) is 10.1 Å². The quantitative estimate of drug-likeness (QED) is 0.547. The molecule has 0 aliphatic heterocycles. The van der Waals surface area contributed by atoms with E-state index < -0.39 is 4.92 Å². The zero-order valence-corrected chi connectivity index (χ0v) is 9.57. The Labute approximate surface area is 106 Å². The number of hydrogen-bond acceptors (Lipinski definition) is 6. The largest absolute Gasteiger partial charge is 0.324 e. The van der Waals surface area contributed by atoms with E-state index in [1.807, 2.05) is 18.2 Å². The summed E-state index contributed by atoms with van der Waals surface area (Å²) in [5.74, 6) is 0.299. The Hall–Kier alpha value is -3.03. The van der Waals surface area contributed by atoms with Gasteiger partial charge in [-0.1, -0.05) is 0 Å². The van der Waals surface area contributed by atoms with Crippen LogP contribution in [-0.4, -0.2) is 25.1 Å². The van der Waals surface area contributed by atoms with Crippen LogP contribution < -0.4 is 5.32 Å². The first kappa shape index (κ1) is 11.1. The summed E-state index contributed by atoms with van der Waals surface area (Å²) >= 11 is 0. The van der Waals surface area contributed by atoms with E-state index in [0.29, 0.717) is 5.95 Å². The van der Waals surface area contributed by atoms with Crippen molar-refractivity contribution in [2.45, 2.75) is 0 Å². The summed E-state index contributed by atoms with van der Waals surface area (Å²) in [7, 11) is 0. The Morgan fingerprint density at radius 3 is 2.74 bits per heavy atom. The maximum absolute atomic E-state index is 10.5. The molecule has 2 aromatic heterocycles. The standard InChI is InChI=1S/C11H8N6O2/c18-17(19)9-5-12-11(13-6-9)15-8-1-2-10-7(3-8)4-14-16-10/h1-6H,(H,14,16)(H,12,13,15). The number of aromatic amines is 1. The molecule has 0 amide bonds. The second kappa shape index (κ2) is 4.33. The van der Waals surface area contributed by atoms with E-state index in [1.165, 1.54) is 0 Å². The van der Waals surface area contributed by atoms with Crippen molar-refractivity contribution in [2.24, 2.45) is 0 Å². The normalized spacial score (nSPS) is 10.5. The van der Waals surface area contributed by atoms with E-state index in [1.54, 1.807) is 6.20 Å². The van der Waals surface area contributed by atoms with Crippen molar-refractivity contribution in [1.82, 2.24) is 20.2 Å². The van der Waals surface area contributed by atoms with Crippen molar-refractivity contribution >= 4 is 28.2 Å². The molecular weight excluding hydrogens is 248 g/mol. The monoisotopic (exact) mass is 256 g/mol. The van der Waals surface area contributed by atoms with Gasteiger partial charge in [-0.3, -0.25) is 15.2 Å². The number of anilines is 2. The van der Waals surface area contributed by atoms with Gasteiger partial charge >= 0.3 is 5.69 Å². The third-order valence-electron chi connectivity index (χ3n) is 2.55. The number of benzene rings is 1. The summed E-state index contributed by atoms with van der Waals surface area (Å²) < 4.78 is 0. The molecule has 8 nitrogen and oxygen atoms in total. The van der Waals surface area contributed by atoms with E-state index in [4.69, 9.17) is 0 Å². The lowest BCUT2D eigenvalue weighted by molar-refractivity contribution is -0.385. The van der Waals surface area contributed by atoms with Crippen LogP contribution >= 0.6 is 0 Å². The molecule has 3 aromatic rings. The van der Waals surface area contributed by atoms with Crippen molar-refractivity contribution in [3.63, 3.8) is 0 Å². The average molecular weight is 256 g/mol. The minimum absolute atomic E-state index is 0.143. The summed E-state index contributed by atoms with van der Waals surface area (Å²) in [4.78, 5) is 17.7. The predicted molar refractivity (Wildman–Crippen MR) is 68.1 cm³/mol. The Morgan fingerprint density at radius 1 is 1.21 bits per heavy atom. The maximum Gasteiger partial charge on any atom is 0.305 e. The molecule has 0 saturated heterocycles. The lowest BCUT2D eigenvalue weighted by Gasteiger charge is -2.03. The first-order valence-corrected chi connectivity index (χ1v) is 5.39. The van der Waals surface area contributed by atoms with Crippen LogP contribution in [0, 0.1) is 10.1 Å². The highest BCUT2D eigenvalue weighted by molar-refractivity contribution is 5.82. The molecule has 2 heterocycles. The molecule has 19 heavy (non-hydrogen) atoms. The van der Waals surface area contributed by atoms with Crippen LogP contribution in [0.25, 0.3) is 10.9 Å². The predicted octanol–water partition coefficient (Wildman–Crippen LogP) is 2.00. The van der Waals surface area contributed by atoms with Crippen molar-refractivity contribution in [3.8, 4) is 0 Å². The first-order chi connectivity index (χ1) is 9.22. The number of nitro groups is 1. The molecule has 0 fully saturated rings. The first-order valence-electron chi connectivity index (χ1n) is 5.39. The summed E-state index contributed by atoms with van der Waals surface area (Å²) in [6.07, 6.45) is 4.02. The number of H-pyrrole nitrogens is 1. The third kappa shape index (κ3) is 2.18. The lowest BCUT2D eigenvalue weighted by Crippen LogP contribution is -1.98. The summed E-state index contributed by atoms with van der Waals surface area (Å²) in [6, 6.07) is 5.59. The zero-order chi connectivity index (χ0) is 13.2. The van der Waals surface area contributed by atoms with Crippen LogP contribution in [0.2, 0.25) is 0 Å². The van der Waals surface area contributed by atoms with Gasteiger partial charge in [0.15, 0.2) is 0 Å². The topological polar surface area (TPSA) is 110 Å². The molecule has 0 unspecified atom stereocenters. The fourth-order valence-corrected chi connectivity index (χ4v) is 1.63. The van der Waals surface area contributed by atoms with Crippen LogP contribution in [0.4, 0.5) is 17.3 Å². The average Bonchev–Trinajstić information content (AvgIpc) is 2.87. The van der Waals surface area contributed by atoms with Gasteiger partial charge in [-0.25, -0.2) is 9.97 Å². The molecule has 94 valence electrons. The highest BCUT2D eigenvalue weighted by atomic mass is 16.6. The fourth-order valence-electron chi connectivity index (χ4n) is 1.63. The lowest BCUT2D eigenvalue weighted by atomic mass is 10.2. The molecule has 3 rings (SSSR count). The van der Waals surface area contributed by atoms with Crippen LogP contribution in [0.3, 0.4) is 0 Å². The van der Waals surface area contributed by atoms with Crippen molar-refractivity contribution in [1.29, 1.82) is 0 Å². The van der Waals surface area contributed by atoms with E-state index in [2.05, 4.69) is 25.5 Å². The van der Waals surface area contributed by atoms with Crippen LogP contribution in [0.1, 0.15) is 0 Å². The molecule has 0 spiro atoms. The van der Waals surface area contributed by atoms with Crippen LogP contribution in [0.15, 0.2) is 36.8 Å². The summed E-state index contributed by atoms with van der Waals surface area (Å²) in [5, 5.41) is 21.2. The van der Waals surface area contributed by atoms with Gasteiger partial charge in [0.25, 0.3) is 0 Å². The van der Waals surface area contributed by atoms with Gasteiger partial charge in [0.2, 0.25) is 5.95 Å². The van der Waals surface area contributed by atoms with Gasteiger partial charge in [-0.05, 0) is 18.2 Å². The molecular formula is C11H8N6O2. The number of nitrogens with zero attached hydrogens (tertiary/aromatic N) is 4. The number of hydrogen-bond donors (Lipinski definition) is 2. The zero-order valence-electron chi connectivity index (χ0n) is 9.57. The fraction of sp³-hybridized carbons (Fsp3) is 0. The summed E-state index contributed by atoms with van der Waals surface area (Å²) in [5.41, 5.74) is 1.56. The van der Waals surface area contributed by atoms with Crippen molar-refractivity contribution < 1.29 is 4.92 Å². The minimum atomic E-state index is -0.540. The second-order valence-electron chi connectivity index (χ2n) is 3.82. The number of aromatic nitrogens is 4. The Morgan fingerprint density at radius 2 is 2.00 bits per heavy atom. The molecule has 0 radical (unpaired) electrons. The molecule has 8 heteroatoms. The smallest absolute Gasteiger partial charge is 0.305 e. The van der Waals surface area contributed by atoms with Crippen LogP contribution in [-0.2, 0) is 0 Å². The molecule has 0 atom stereocenters. The van der Waals surface area contributed by atoms with Gasteiger partial charge in [-0.15, -0.1) is 0 Å². The minimum Gasteiger partial charge on any atom is -0.324 e. The Bertz CT molecular complexity index is 736. The number of fused-ring (bicyclic) bond motifs is 1. The molecule has 0 aliphatic carbocycles. The van der Waals surface area contributed by atoms with Crippen molar-refractivity contribution in [3.05, 3.63) is 46.9 Å². The maximum atomic E-state index is 10.5. The summed E-state index contributed by atoms with van der Waals surface area (Å²) in [6.45, 7) is 0. The van der Waals surface area contributed by atoms with E-state index in [0.717, 1.165) is 29.0 Å². The van der Waals surface area contributed by atoms with Gasteiger partial charge in [0.05, 0.1) is 16.6 Å². The number of rotatable bonds is 3.